The van der Waals surface area contributed by atoms with Crippen molar-refractivity contribution in [3.05, 3.63) is 33.8 Å². The normalized spacial score (nSPS) is 15.9. The van der Waals surface area contributed by atoms with Crippen LogP contribution in [0, 0.1) is 5.92 Å². The van der Waals surface area contributed by atoms with Gasteiger partial charge in [-0.2, -0.15) is 0 Å². The molecule has 1 saturated heterocycles. The highest BCUT2D eigenvalue weighted by Crippen LogP contribution is 2.58. The standard InChI is InChI=1S/C22H35BCl2N4O12P2/c1-14(2)11-18(27-19(30)13-26-20(31)16-12-15(24)3-4-17(16)25)23-40-9-6-29(7-10-41-23)5-8-39-21(32)28-22(42(33,34)35)43(36,37)38/h3-4,12,14,18,22H,5-11,13H2,1-2H3,(H,26,31)(H,27,30)(H,28,32)(H2,33,34,35)(H2,36,37,38)/t18-/m1/s1. The number of hydrogen-bond donors (Lipinski definition) is 7. The van der Waals surface area contributed by atoms with E-state index in [-0.39, 0.29) is 49.4 Å². The molecule has 2 rings (SSSR count). The van der Waals surface area contributed by atoms with Crippen LogP contribution in [0.3, 0.4) is 0 Å². The molecule has 16 nitrogen and oxygen atoms in total. The molecule has 0 spiro atoms. The minimum absolute atomic E-state index is 0.134. The summed E-state index contributed by atoms with van der Waals surface area (Å²) in [5.41, 5.74) is -2.58. The van der Waals surface area contributed by atoms with Crippen LogP contribution in [0.1, 0.15) is 30.6 Å². The monoisotopic (exact) mass is 690 g/mol. The molecule has 242 valence electrons. The smallest absolute Gasteiger partial charge is 0.448 e. The van der Waals surface area contributed by atoms with Crippen molar-refractivity contribution in [3.8, 4) is 0 Å². The fourth-order valence-electron chi connectivity index (χ4n) is 3.92. The molecule has 7 N–H and O–H groups in total. The molecule has 0 bridgehead atoms. The van der Waals surface area contributed by atoms with Crippen LogP contribution in [0.5, 0.6) is 0 Å². The summed E-state index contributed by atoms with van der Waals surface area (Å²) in [5.74, 6) is -1.40. The lowest BCUT2D eigenvalue weighted by molar-refractivity contribution is -0.120. The van der Waals surface area contributed by atoms with E-state index in [0.717, 1.165) is 0 Å². The highest BCUT2D eigenvalue weighted by Gasteiger charge is 2.45. The summed E-state index contributed by atoms with van der Waals surface area (Å²) in [5, 5.41) is 7.37. The minimum atomic E-state index is -5.35. The van der Waals surface area contributed by atoms with Crippen molar-refractivity contribution in [2.45, 2.75) is 31.7 Å². The summed E-state index contributed by atoms with van der Waals surface area (Å²) in [7, 11) is -11.5. The zero-order valence-electron chi connectivity index (χ0n) is 23.4. The number of rotatable bonds is 13. The molecule has 1 heterocycles. The molecule has 21 heteroatoms. The lowest BCUT2D eigenvalue weighted by Gasteiger charge is -2.31. The fraction of sp³-hybridized carbons (Fsp3) is 0.591. The average Bonchev–Trinajstić information content (AvgIpc) is 2.86. The number of nitrogens with one attached hydrogen (secondary N) is 3. The van der Waals surface area contributed by atoms with E-state index in [1.165, 1.54) is 23.5 Å². The molecule has 0 aromatic heterocycles. The molecule has 1 aromatic carbocycles. The summed E-state index contributed by atoms with van der Waals surface area (Å²) >= 11 is 12.0. The third kappa shape index (κ3) is 13.4. The van der Waals surface area contributed by atoms with Gasteiger partial charge in [0.1, 0.15) is 6.61 Å². The zero-order valence-corrected chi connectivity index (χ0v) is 26.7. The van der Waals surface area contributed by atoms with Crippen molar-refractivity contribution in [1.82, 2.24) is 20.9 Å². The average molecular weight is 691 g/mol. The molecule has 1 fully saturated rings. The summed E-state index contributed by atoms with van der Waals surface area (Å²) in [6.45, 7) is 4.58. The third-order valence-corrected chi connectivity index (χ3v) is 9.79. The quantitative estimate of drug-likeness (QED) is 0.113. The van der Waals surface area contributed by atoms with Gasteiger partial charge in [-0.1, -0.05) is 37.0 Å². The largest absolute Gasteiger partial charge is 0.480 e. The number of ether oxygens (including phenoxy) is 1. The van der Waals surface area contributed by atoms with E-state index in [2.05, 4.69) is 10.6 Å². The van der Waals surface area contributed by atoms with Gasteiger partial charge in [0.15, 0.2) is 0 Å². The maximum atomic E-state index is 12.7. The van der Waals surface area contributed by atoms with Gasteiger partial charge in [-0.05, 0) is 30.5 Å². The number of halogens is 2. The first-order valence-corrected chi connectivity index (χ1v) is 17.1. The van der Waals surface area contributed by atoms with Crippen molar-refractivity contribution in [2.75, 3.05) is 46.0 Å². The van der Waals surface area contributed by atoms with Crippen molar-refractivity contribution in [2.24, 2.45) is 5.92 Å². The van der Waals surface area contributed by atoms with E-state index < -0.39 is 51.7 Å². The van der Waals surface area contributed by atoms with Crippen LogP contribution in [0.25, 0.3) is 0 Å². The Kier molecular flexibility index (Phi) is 14.9. The van der Waals surface area contributed by atoms with Crippen LogP contribution in [-0.2, 0) is 28.0 Å². The number of hydrogen-bond acceptors (Lipinski definition) is 9. The second kappa shape index (κ2) is 17.1. The lowest BCUT2D eigenvalue weighted by Crippen LogP contribution is -2.54. The van der Waals surface area contributed by atoms with Crippen LogP contribution in [-0.4, -0.2) is 107 Å². The van der Waals surface area contributed by atoms with Crippen molar-refractivity contribution >= 4 is 63.4 Å². The van der Waals surface area contributed by atoms with Gasteiger partial charge >= 0.3 is 28.4 Å². The molecule has 0 aliphatic carbocycles. The number of carbonyl (C=O) groups is 3. The van der Waals surface area contributed by atoms with Crippen molar-refractivity contribution < 1.29 is 57.1 Å². The molecule has 0 saturated carbocycles. The fourth-order valence-corrected chi connectivity index (χ4v) is 6.41. The molecule has 0 unspecified atom stereocenters. The number of nitrogens with zero attached hydrogens (tertiary/aromatic N) is 1. The van der Waals surface area contributed by atoms with Crippen molar-refractivity contribution in [3.63, 3.8) is 0 Å². The molecule has 43 heavy (non-hydrogen) atoms. The van der Waals surface area contributed by atoms with Gasteiger partial charge in [-0.15, -0.1) is 0 Å². The van der Waals surface area contributed by atoms with Gasteiger partial charge in [0.25, 0.3) is 5.91 Å². The Balaban J connectivity index is 1.84. The Morgan fingerprint density at radius 1 is 1.05 bits per heavy atom. The second-order valence-corrected chi connectivity index (χ2v) is 14.5. The van der Waals surface area contributed by atoms with Crippen LogP contribution in [0.2, 0.25) is 10.0 Å². The second-order valence-electron chi connectivity index (χ2n) is 9.89. The van der Waals surface area contributed by atoms with E-state index in [9.17, 15) is 23.5 Å². The zero-order chi connectivity index (χ0) is 32.4. The van der Waals surface area contributed by atoms with E-state index in [4.69, 9.17) is 56.8 Å². The third-order valence-electron chi connectivity index (χ3n) is 5.89. The van der Waals surface area contributed by atoms with Crippen LogP contribution in [0.15, 0.2) is 18.2 Å². The Hall–Kier alpha value is -1.75. The first kappa shape index (κ1) is 37.4. The first-order valence-electron chi connectivity index (χ1n) is 13.0. The van der Waals surface area contributed by atoms with Gasteiger partial charge in [-0.25, -0.2) is 4.79 Å². The minimum Gasteiger partial charge on any atom is -0.448 e. The summed E-state index contributed by atoms with van der Waals surface area (Å²) in [6.07, 6.45) is -0.892. The maximum Gasteiger partial charge on any atom is 0.480 e. The summed E-state index contributed by atoms with van der Waals surface area (Å²) in [6, 6.07) is 4.41. The van der Waals surface area contributed by atoms with Crippen LogP contribution >= 0.6 is 38.4 Å². The molecule has 0 radical (unpaired) electrons. The Bertz CT molecular complexity index is 1190. The molecule has 1 aromatic rings. The Morgan fingerprint density at radius 2 is 1.65 bits per heavy atom. The number of amides is 3. The van der Waals surface area contributed by atoms with Gasteiger partial charge in [0.2, 0.25) is 11.4 Å². The Labute approximate surface area is 258 Å². The first-order chi connectivity index (χ1) is 20.0. The Morgan fingerprint density at radius 3 is 2.21 bits per heavy atom. The highest BCUT2D eigenvalue weighted by molar-refractivity contribution is 7.70. The van der Waals surface area contributed by atoms with Gasteiger partial charge in [0.05, 0.1) is 23.1 Å². The van der Waals surface area contributed by atoms with E-state index in [1.807, 2.05) is 13.8 Å². The van der Waals surface area contributed by atoms with Gasteiger partial charge in [0, 0.05) is 37.9 Å². The summed E-state index contributed by atoms with van der Waals surface area (Å²) in [4.78, 5) is 75.1. The molecular formula is C22H35BCl2N4O12P2. The summed E-state index contributed by atoms with van der Waals surface area (Å²) < 4.78 is 39.1. The molecule has 1 aliphatic rings. The maximum absolute atomic E-state index is 12.7. The SMILES string of the molecule is CC(C)C[C@@H](NC(=O)CNC(=O)c1cc(Cl)ccc1Cl)B1OCCN(CCOC(=O)NC(P(=O)(O)O)P(=O)(O)O)CCO1. The van der Waals surface area contributed by atoms with Gasteiger partial charge < -0.3 is 44.3 Å². The lowest BCUT2D eigenvalue weighted by atomic mass is 9.73. The van der Waals surface area contributed by atoms with E-state index in [1.54, 1.807) is 4.90 Å². The number of carbonyl (C=O) groups excluding carboxylic acids is 3. The van der Waals surface area contributed by atoms with Crippen LogP contribution in [0.4, 0.5) is 4.79 Å². The van der Waals surface area contributed by atoms with Gasteiger partial charge in [-0.3, -0.25) is 28.9 Å². The van der Waals surface area contributed by atoms with E-state index in [0.29, 0.717) is 24.5 Å². The number of benzene rings is 1. The highest BCUT2D eigenvalue weighted by atomic mass is 35.5. The predicted molar refractivity (Wildman–Crippen MR) is 157 cm³/mol. The van der Waals surface area contributed by atoms with E-state index >= 15 is 0 Å². The van der Waals surface area contributed by atoms with Crippen molar-refractivity contribution in [1.29, 1.82) is 0 Å². The molecule has 1 aliphatic heterocycles. The predicted octanol–water partition coefficient (Wildman–Crippen LogP) is 0.995. The molecule has 3 amide bonds. The number of alkyl carbamates (subject to hydrolysis) is 1. The molecule has 1 atom stereocenters. The molecular weight excluding hydrogens is 656 g/mol. The topological polar surface area (TPSA) is 233 Å². The van der Waals surface area contributed by atoms with Crippen LogP contribution < -0.4 is 16.0 Å².